The smallest absolute Gasteiger partial charge is 0.303 e. The van der Waals surface area contributed by atoms with Gasteiger partial charge in [-0.2, -0.15) is 0 Å². The molecule has 102 valence electrons. The monoisotopic (exact) mass is 295 g/mol. The van der Waals surface area contributed by atoms with Crippen molar-refractivity contribution in [3.05, 3.63) is 24.3 Å². The lowest BCUT2D eigenvalue weighted by molar-refractivity contribution is -0.137. The Hall–Kier alpha value is -0.940. The fraction of sp³-hybridized carbons (Fsp3) is 0.429. The highest BCUT2D eigenvalue weighted by Gasteiger charge is 2.31. The first kappa shape index (κ1) is 14.5. The molecule has 2 rings (SSSR count). The van der Waals surface area contributed by atoms with Crippen LogP contribution in [0, 0.1) is 0 Å². The number of carboxylic acids is 1. The molecule has 0 radical (unpaired) electrons. The summed E-state index contributed by atoms with van der Waals surface area (Å²) in [4.78, 5) is 16.4. The van der Waals surface area contributed by atoms with Crippen LogP contribution in [0.4, 0.5) is 5.69 Å². The highest BCUT2D eigenvalue weighted by Crippen LogP contribution is 2.46. The van der Waals surface area contributed by atoms with Crippen LogP contribution in [0.5, 0.6) is 0 Å². The van der Waals surface area contributed by atoms with Crippen molar-refractivity contribution in [2.45, 2.75) is 36.3 Å². The molecule has 0 amide bonds. The number of aliphatic imine (C=N–C) groups is 1. The van der Waals surface area contributed by atoms with Gasteiger partial charge in [-0.05, 0) is 38.2 Å². The van der Waals surface area contributed by atoms with E-state index in [0.717, 1.165) is 16.5 Å². The Morgan fingerprint density at radius 3 is 2.89 bits per heavy atom. The Labute approximate surface area is 121 Å². The number of rotatable bonds is 4. The third kappa shape index (κ3) is 3.76. The van der Waals surface area contributed by atoms with Gasteiger partial charge < -0.3 is 5.11 Å². The van der Waals surface area contributed by atoms with Crippen LogP contribution in [0.1, 0.15) is 26.7 Å². The summed E-state index contributed by atoms with van der Waals surface area (Å²) in [5.41, 5.74) is 1.02. The van der Waals surface area contributed by atoms with Crippen LogP contribution >= 0.6 is 23.5 Å². The molecule has 5 heteroatoms. The SMILES string of the molecule is CC1(C)Sc2ccccc2N=C1SCCCC(=O)O. The zero-order chi connectivity index (χ0) is 13.9. The van der Waals surface area contributed by atoms with Crippen molar-refractivity contribution in [2.75, 3.05) is 5.75 Å². The first-order valence-electron chi connectivity index (χ1n) is 6.21. The summed E-state index contributed by atoms with van der Waals surface area (Å²) in [6.45, 7) is 4.33. The number of carbonyl (C=O) groups is 1. The standard InChI is InChI=1S/C14H17NO2S2/c1-14(2)13(18-9-5-8-12(16)17)15-10-6-3-4-7-11(10)19-14/h3-4,6-7H,5,8-9H2,1-2H3,(H,16,17). The Morgan fingerprint density at radius 1 is 1.42 bits per heavy atom. The van der Waals surface area contributed by atoms with Crippen molar-refractivity contribution in [3.8, 4) is 0 Å². The predicted octanol–water partition coefficient (Wildman–Crippen LogP) is 4.20. The number of para-hydroxylation sites is 1. The summed E-state index contributed by atoms with van der Waals surface area (Å²) < 4.78 is -0.0394. The van der Waals surface area contributed by atoms with Gasteiger partial charge in [0.05, 0.1) is 15.5 Å². The number of aliphatic carboxylic acids is 1. The average Bonchev–Trinajstić information content (AvgIpc) is 2.33. The van der Waals surface area contributed by atoms with Crippen LogP contribution in [-0.4, -0.2) is 26.6 Å². The number of carboxylic acid groups (broad SMARTS) is 1. The molecule has 0 saturated carbocycles. The lowest BCUT2D eigenvalue weighted by Gasteiger charge is -2.30. The number of thioether (sulfide) groups is 2. The van der Waals surface area contributed by atoms with E-state index in [1.807, 2.05) is 30.0 Å². The van der Waals surface area contributed by atoms with Crippen LogP contribution in [0.15, 0.2) is 34.2 Å². The lowest BCUT2D eigenvalue weighted by Crippen LogP contribution is -2.27. The topological polar surface area (TPSA) is 49.7 Å². The largest absolute Gasteiger partial charge is 0.481 e. The van der Waals surface area contributed by atoms with Gasteiger partial charge >= 0.3 is 5.97 Å². The van der Waals surface area contributed by atoms with Crippen LogP contribution in [-0.2, 0) is 4.79 Å². The molecule has 0 saturated heterocycles. The van der Waals surface area contributed by atoms with Gasteiger partial charge in [0, 0.05) is 11.3 Å². The van der Waals surface area contributed by atoms with Gasteiger partial charge in [0.2, 0.25) is 0 Å². The molecule has 1 N–H and O–H groups in total. The van der Waals surface area contributed by atoms with Crippen LogP contribution < -0.4 is 0 Å². The van der Waals surface area contributed by atoms with Gasteiger partial charge in [0.1, 0.15) is 0 Å². The summed E-state index contributed by atoms with van der Waals surface area (Å²) in [5.74, 6) is 0.0715. The first-order valence-corrected chi connectivity index (χ1v) is 8.01. The van der Waals surface area contributed by atoms with Crippen LogP contribution in [0.25, 0.3) is 0 Å². The second-order valence-electron chi connectivity index (χ2n) is 4.84. The molecule has 0 fully saturated rings. The van der Waals surface area contributed by atoms with Crippen molar-refractivity contribution >= 4 is 40.2 Å². The number of hydrogen-bond donors (Lipinski definition) is 1. The Morgan fingerprint density at radius 2 is 2.16 bits per heavy atom. The second kappa shape index (κ2) is 6.01. The molecule has 0 unspecified atom stereocenters. The van der Waals surface area contributed by atoms with Crippen LogP contribution in [0.3, 0.4) is 0 Å². The van der Waals surface area contributed by atoms with E-state index in [1.165, 1.54) is 4.90 Å². The summed E-state index contributed by atoms with van der Waals surface area (Å²) in [6, 6.07) is 8.14. The van der Waals surface area contributed by atoms with Gasteiger partial charge in [0.25, 0.3) is 0 Å². The van der Waals surface area contributed by atoms with Crippen molar-refractivity contribution in [1.82, 2.24) is 0 Å². The van der Waals surface area contributed by atoms with E-state index >= 15 is 0 Å². The Kier molecular flexibility index (Phi) is 4.58. The third-order valence-corrected chi connectivity index (χ3v) is 5.51. The van der Waals surface area contributed by atoms with Crippen molar-refractivity contribution < 1.29 is 9.90 Å². The first-order chi connectivity index (χ1) is 8.99. The van der Waals surface area contributed by atoms with Gasteiger partial charge in [-0.3, -0.25) is 4.79 Å². The molecule has 0 atom stereocenters. The minimum atomic E-state index is -0.731. The molecule has 0 bridgehead atoms. The molecular formula is C14H17NO2S2. The van der Waals surface area contributed by atoms with E-state index in [-0.39, 0.29) is 11.2 Å². The maximum absolute atomic E-state index is 10.5. The molecule has 1 aromatic rings. The molecule has 19 heavy (non-hydrogen) atoms. The molecule has 0 aliphatic carbocycles. The number of benzene rings is 1. The molecule has 0 aromatic heterocycles. The van der Waals surface area contributed by atoms with Crippen molar-refractivity contribution in [3.63, 3.8) is 0 Å². The van der Waals surface area contributed by atoms with E-state index in [2.05, 4.69) is 19.9 Å². The molecule has 1 aromatic carbocycles. The molecule has 1 heterocycles. The second-order valence-corrected chi connectivity index (χ2v) is 7.59. The van der Waals surface area contributed by atoms with Gasteiger partial charge in [-0.15, -0.1) is 23.5 Å². The van der Waals surface area contributed by atoms with Crippen molar-refractivity contribution in [1.29, 1.82) is 0 Å². The van der Waals surface area contributed by atoms with Crippen molar-refractivity contribution in [2.24, 2.45) is 4.99 Å². The highest BCUT2D eigenvalue weighted by atomic mass is 32.2. The molecule has 3 nitrogen and oxygen atoms in total. The third-order valence-electron chi connectivity index (χ3n) is 2.74. The Bertz CT molecular complexity index is 512. The average molecular weight is 295 g/mol. The lowest BCUT2D eigenvalue weighted by atomic mass is 10.2. The zero-order valence-corrected chi connectivity index (χ0v) is 12.7. The van der Waals surface area contributed by atoms with E-state index in [4.69, 9.17) is 10.1 Å². The summed E-state index contributed by atoms with van der Waals surface area (Å²) in [5, 5.41) is 9.72. The molecule has 1 aliphatic rings. The van der Waals surface area contributed by atoms with E-state index in [1.54, 1.807) is 11.8 Å². The highest BCUT2D eigenvalue weighted by molar-refractivity contribution is 8.16. The number of hydrogen-bond acceptors (Lipinski definition) is 4. The maximum Gasteiger partial charge on any atom is 0.303 e. The minimum absolute atomic E-state index is 0.0394. The minimum Gasteiger partial charge on any atom is -0.481 e. The molecule has 0 spiro atoms. The van der Waals surface area contributed by atoms with Gasteiger partial charge in [-0.25, -0.2) is 4.99 Å². The molecular weight excluding hydrogens is 278 g/mol. The summed E-state index contributed by atoms with van der Waals surface area (Å²) in [7, 11) is 0. The number of fused-ring (bicyclic) bond motifs is 1. The predicted molar refractivity (Wildman–Crippen MR) is 82.8 cm³/mol. The molecule has 1 aliphatic heterocycles. The quantitative estimate of drug-likeness (QED) is 0.846. The zero-order valence-electron chi connectivity index (χ0n) is 11.0. The van der Waals surface area contributed by atoms with Crippen LogP contribution in [0.2, 0.25) is 0 Å². The normalized spacial score (nSPS) is 16.6. The van der Waals surface area contributed by atoms with E-state index in [0.29, 0.717) is 6.42 Å². The summed E-state index contributed by atoms with van der Waals surface area (Å²) >= 11 is 3.49. The number of nitrogens with zero attached hydrogens (tertiary/aromatic N) is 1. The van der Waals surface area contributed by atoms with Gasteiger partial charge in [0.15, 0.2) is 0 Å². The van der Waals surface area contributed by atoms with E-state index < -0.39 is 5.97 Å². The summed E-state index contributed by atoms with van der Waals surface area (Å²) in [6.07, 6.45) is 0.909. The van der Waals surface area contributed by atoms with Gasteiger partial charge in [-0.1, -0.05) is 12.1 Å². The fourth-order valence-electron chi connectivity index (χ4n) is 1.80. The fourth-order valence-corrected chi connectivity index (χ4v) is 4.14. The van der Waals surface area contributed by atoms with E-state index in [9.17, 15) is 4.79 Å². The maximum atomic E-state index is 10.5. The Balaban J connectivity index is 2.06.